The second-order valence-corrected chi connectivity index (χ2v) is 14.3. The van der Waals surface area contributed by atoms with Gasteiger partial charge in [0.05, 0.1) is 0 Å². The molecule has 0 aromatic rings. The van der Waals surface area contributed by atoms with Gasteiger partial charge < -0.3 is 38.3 Å². The van der Waals surface area contributed by atoms with Gasteiger partial charge in [0.1, 0.15) is 17.8 Å². The summed E-state index contributed by atoms with van der Waals surface area (Å²) in [6.45, 7) is 12.6. The van der Waals surface area contributed by atoms with E-state index in [1.165, 1.54) is 32.1 Å². The molecule has 14 nitrogen and oxygen atoms in total. The number of fused-ring (bicyclic) bond motifs is 1. The fraction of sp³-hybridized carbons (Fsp3) is 0.722. The molecule has 278 valence electrons. The van der Waals surface area contributed by atoms with Crippen LogP contribution in [-0.4, -0.2) is 94.3 Å². The summed E-state index contributed by atoms with van der Waals surface area (Å²) >= 11 is 0. The molecule has 2 aliphatic heterocycles. The molecule has 2 saturated heterocycles. The maximum Gasteiger partial charge on any atom is 0.342 e. The molecule has 0 amide bonds. The molecule has 4 rings (SSSR count). The highest BCUT2D eigenvalue weighted by Crippen LogP contribution is 2.65. The molecule has 2 heterocycles. The van der Waals surface area contributed by atoms with Crippen molar-refractivity contribution >= 4 is 35.8 Å². The average Bonchev–Trinajstić information content (AvgIpc) is 3.58. The highest BCUT2D eigenvalue weighted by molar-refractivity contribution is 5.89. The van der Waals surface area contributed by atoms with E-state index in [0.29, 0.717) is 6.42 Å². The molecule has 11 atom stereocenters. The molecule has 0 radical (unpaired) electrons. The SMILES string of the molecule is CCCCCCCC(=O)O[C@H]1/C(C)=C\[C@@H]2OC(=O)C3(C)O[C@]23[C@H](OC(C)=O)[C@H]2[C@](C)(O)[C@H](OC(C)=O)C=C[C@]2(C)[C@@H](OC(C)=O)[C@@H]1OC(C)=O. The van der Waals surface area contributed by atoms with Crippen molar-refractivity contribution in [3.05, 3.63) is 23.8 Å². The molecule has 0 aromatic heterocycles. The van der Waals surface area contributed by atoms with Gasteiger partial charge in [-0.15, -0.1) is 0 Å². The topological polar surface area (TPSA) is 191 Å². The van der Waals surface area contributed by atoms with Gasteiger partial charge >= 0.3 is 35.8 Å². The smallest absolute Gasteiger partial charge is 0.342 e. The largest absolute Gasteiger partial charge is 0.459 e. The molecule has 50 heavy (non-hydrogen) atoms. The van der Waals surface area contributed by atoms with Gasteiger partial charge in [-0.05, 0) is 44.9 Å². The molecule has 2 aliphatic carbocycles. The molecule has 0 saturated carbocycles. The maximum atomic E-state index is 13.4. The Kier molecular flexibility index (Phi) is 11.3. The number of carbonyl (C=O) groups excluding carboxylic acids is 6. The van der Waals surface area contributed by atoms with Crippen molar-refractivity contribution in [2.45, 2.75) is 154 Å². The number of unbranched alkanes of at least 4 members (excludes halogenated alkanes) is 4. The van der Waals surface area contributed by atoms with E-state index in [4.69, 9.17) is 33.2 Å². The first kappa shape index (κ1) is 39.0. The second-order valence-electron chi connectivity index (χ2n) is 14.3. The summed E-state index contributed by atoms with van der Waals surface area (Å²) in [5.74, 6) is -5.96. The lowest BCUT2D eigenvalue weighted by Crippen LogP contribution is -2.69. The van der Waals surface area contributed by atoms with E-state index in [0.717, 1.165) is 53.4 Å². The fourth-order valence-electron chi connectivity index (χ4n) is 8.06. The van der Waals surface area contributed by atoms with E-state index in [1.807, 2.05) is 0 Å². The first-order chi connectivity index (χ1) is 23.3. The normalized spacial score (nSPS) is 39.6. The van der Waals surface area contributed by atoms with Crippen molar-refractivity contribution in [3.63, 3.8) is 0 Å². The third kappa shape index (κ3) is 7.05. The van der Waals surface area contributed by atoms with E-state index < -0.39 is 101 Å². The van der Waals surface area contributed by atoms with Crippen molar-refractivity contribution in [1.82, 2.24) is 0 Å². The Hall–Kier alpha value is -3.78. The van der Waals surface area contributed by atoms with Crippen LogP contribution in [0.1, 0.15) is 101 Å². The highest BCUT2D eigenvalue weighted by Gasteiger charge is 2.88. The first-order valence-electron chi connectivity index (χ1n) is 17.2. The van der Waals surface area contributed by atoms with Crippen LogP contribution in [0, 0.1) is 11.3 Å². The summed E-state index contributed by atoms with van der Waals surface area (Å²) in [5, 5.41) is 12.5. The second kappa shape index (κ2) is 14.5. The molecule has 2 fully saturated rings. The molecule has 4 aliphatic rings. The third-order valence-electron chi connectivity index (χ3n) is 10.4. The minimum atomic E-state index is -2.13. The van der Waals surface area contributed by atoms with Crippen molar-refractivity contribution in [3.8, 4) is 0 Å². The number of ether oxygens (including phenoxy) is 7. The number of carbonyl (C=O) groups is 6. The summed E-state index contributed by atoms with van der Waals surface area (Å²) in [5.41, 5.74) is -6.96. The quantitative estimate of drug-likeness (QED) is 0.108. The Labute approximate surface area is 292 Å². The van der Waals surface area contributed by atoms with Crippen molar-refractivity contribution < 1.29 is 67.0 Å². The lowest BCUT2D eigenvalue weighted by molar-refractivity contribution is -0.233. The van der Waals surface area contributed by atoms with Crippen LogP contribution in [0.4, 0.5) is 0 Å². The van der Waals surface area contributed by atoms with Crippen molar-refractivity contribution in [2.24, 2.45) is 11.3 Å². The molecule has 1 unspecified atom stereocenters. The zero-order chi connectivity index (χ0) is 37.4. The van der Waals surface area contributed by atoms with Gasteiger partial charge in [-0.1, -0.05) is 45.6 Å². The van der Waals surface area contributed by atoms with Gasteiger partial charge in [-0.3, -0.25) is 24.0 Å². The fourth-order valence-corrected chi connectivity index (χ4v) is 8.06. The number of hydrogen-bond acceptors (Lipinski definition) is 14. The van der Waals surface area contributed by atoms with Crippen LogP contribution in [0.5, 0.6) is 0 Å². The first-order valence-corrected chi connectivity index (χ1v) is 17.2. The van der Waals surface area contributed by atoms with Crippen LogP contribution in [0.3, 0.4) is 0 Å². The van der Waals surface area contributed by atoms with Crippen LogP contribution < -0.4 is 0 Å². The van der Waals surface area contributed by atoms with Crippen molar-refractivity contribution in [1.29, 1.82) is 0 Å². The molecule has 1 N–H and O–H groups in total. The van der Waals surface area contributed by atoms with Gasteiger partial charge in [-0.2, -0.15) is 0 Å². The minimum absolute atomic E-state index is 0.0507. The average molecular weight is 707 g/mol. The van der Waals surface area contributed by atoms with Crippen LogP contribution in [0.25, 0.3) is 0 Å². The minimum Gasteiger partial charge on any atom is -0.459 e. The summed E-state index contributed by atoms with van der Waals surface area (Å²) in [7, 11) is 0. The standard InChI is InChI=1S/C36H50O14/c1-10-11-12-13-14-15-26(41)49-27-19(2)18-25-36(35(9,50-36)32(42)48-25)31(47-23(6)40)29-33(7,17-16-24(34(29,8)43)44-20(3)37)30(46-22(5)39)28(27)45-21(4)38/h16-18,24-25,27-31,43H,10-15H2,1-9H3/b19-18-/t24-,25+,27+,28-,29-,30+,31-,33+,34-,35?,36+/m1/s1. The Balaban J connectivity index is 2.01. The molecule has 14 heteroatoms. The Bertz CT molecular complexity index is 1450. The van der Waals surface area contributed by atoms with E-state index in [1.54, 1.807) is 13.8 Å². The maximum absolute atomic E-state index is 13.4. The van der Waals surface area contributed by atoms with Gasteiger partial charge in [0.15, 0.2) is 35.6 Å². The zero-order valence-electron chi connectivity index (χ0n) is 30.3. The Morgan fingerprint density at radius 2 is 1.40 bits per heavy atom. The molecule has 0 bridgehead atoms. The van der Waals surface area contributed by atoms with Crippen LogP contribution in [-0.2, 0) is 61.9 Å². The number of epoxide rings is 1. The van der Waals surface area contributed by atoms with Crippen LogP contribution >= 0.6 is 0 Å². The number of rotatable bonds is 11. The number of esters is 6. The van der Waals surface area contributed by atoms with Crippen LogP contribution in [0.15, 0.2) is 23.8 Å². The number of hydrogen-bond donors (Lipinski definition) is 1. The van der Waals surface area contributed by atoms with E-state index in [-0.39, 0.29) is 12.0 Å². The summed E-state index contributed by atoms with van der Waals surface area (Å²) < 4.78 is 41.5. The molecular formula is C36H50O14. The van der Waals surface area contributed by atoms with Gasteiger partial charge in [0.25, 0.3) is 0 Å². The monoisotopic (exact) mass is 706 g/mol. The lowest BCUT2D eigenvalue weighted by Gasteiger charge is -2.56. The van der Waals surface area contributed by atoms with E-state index in [9.17, 15) is 33.9 Å². The van der Waals surface area contributed by atoms with Crippen LogP contribution in [0.2, 0.25) is 0 Å². The predicted molar refractivity (Wildman–Crippen MR) is 173 cm³/mol. The third-order valence-corrected chi connectivity index (χ3v) is 10.4. The summed E-state index contributed by atoms with van der Waals surface area (Å²) in [4.78, 5) is 77.7. The van der Waals surface area contributed by atoms with E-state index >= 15 is 0 Å². The van der Waals surface area contributed by atoms with Crippen molar-refractivity contribution in [2.75, 3.05) is 0 Å². The molecular weight excluding hydrogens is 656 g/mol. The lowest BCUT2D eigenvalue weighted by atomic mass is 9.55. The summed E-state index contributed by atoms with van der Waals surface area (Å²) in [6.07, 6.45) is 0.171. The molecule has 0 aromatic carbocycles. The summed E-state index contributed by atoms with van der Waals surface area (Å²) in [6, 6.07) is 0. The number of aliphatic hydroxyl groups is 1. The van der Waals surface area contributed by atoms with Gasteiger partial charge in [-0.25, -0.2) is 4.79 Å². The highest BCUT2D eigenvalue weighted by atomic mass is 16.7. The Morgan fingerprint density at radius 1 is 0.820 bits per heavy atom. The molecule has 1 spiro atoms. The predicted octanol–water partition coefficient (Wildman–Crippen LogP) is 3.34. The Morgan fingerprint density at radius 3 is 1.96 bits per heavy atom. The zero-order valence-corrected chi connectivity index (χ0v) is 30.3. The van der Waals surface area contributed by atoms with E-state index in [2.05, 4.69) is 6.92 Å². The van der Waals surface area contributed by atoms with Gasteiger partial charge in [0, 0.05) is 45.4 Å². The van der Waals surface area contributed by atoms with Gasteiger partial charge in [0.2, 0.25) is 0 Å².